The van der Waals surface area contributed by atoms with Gasteiger partial charge in [-0.2, -0.15) is 0 Å². The number of carbonyl (C=O) groups excluding carboxylic acids is 3. The fourth-order valence-electron chi connectivity index (χ4n) is 8.22. The highest BCUT2D eigenvalue weighted by molar-refractivity contribution is 8.01. The maximum absolute atomic E-state index is 12.9. The number of hydrogen-bond acceptors (Lipinski definition) is 13. The fraction of sp³-hybridized carbons (Fsp3) is 0.628. The molecule has 4 aliphatic heterocycles. The van der Waals surface area contributed by atoms with E-state index in [4.69, 9.17) is 22.1 Å². The molecule has 4 fully saturated rings. The number of likely N-dealkylation sites (N-methyl/N-ethyl adjacent to an activating group) is 1. The number of halogens is 1. The van der Waals surface area contributed by atoms with Crippen molar-refractivity contribution in [3.63, 3.8) is 0 Å². The van der Waals surface area contributed by atoms with E-state index in [-0.39, 0.29) is 29.3 Å². The number of rotatable bonds is 13. The highest BCUT2D eigenvalue weighted by Gasteiger charge is 2.64. The Morgan fingerprint density at radius 3 is 2.13 bits per heavy atom. The SMILES string of the molecule is CC1(C)S[C@@H]2[C@H](NC(=O)[C@H](N)c3ccccc3)C(=O)N2[C@H]1C(=O)O.CCC(O)c1ccccc1.CCC[C@@H]1C[C@@H](C(=O)N[C@@H]([C@H]2O[C@H](SC)[C@H](O)[C@@H](O)[C@H]2O)[C@H](C)Cl)N(C)C1. The van der Waals surface area contributed by atoms with Gasteiger partial charge in [-0.15, -0.1) is 35.1 Å². The molecule has 2 aromatic rings. The van der Waals surface area contributed by atoms with Gasteiger partial charge in [0.1, 0.15) is 53.4 Å². The number of aliphatic carboxylic acids is 1. The van der Waals surface area contributed by atoms with Crippen molar-refractivity contribution < 1.29 is 49.4 Å². The molecule has 0 radical (unpaired) electrons. The monoisotopic (exact) mass is 909 g/mol. The number of alkyl halides is 1. The van der Waals surface area contributed by atoms with E-state index in [0.717, 1.165) is 37.8 Å². The van der Waals surface area contributed by atoms with Crippen molar-refractivity contribution in [2.75, 3.05) is 19.8 Å². The van der Waals surface area contributed by atoms with Crippen LogP contribution in [-0.4, -0.2) is 148 Å². The third-order valence-electron chi connectivity index (χ3n) is 11.6. The van der Waals surface area contributed by atoms with E-state index in [9.17, 15) is 44.7 Å². The number of β-lactam (4-membered cyclic amide) rings is 1. The number of benzene rings is 2. The molecule has 6 rings (SSSR count). The number of nitrogens with two attached hydrogens (primary N) is 1. The van der Waals surface area contributed by atoms with Crippen molar-refractivity contribution in [2.24, 2.45) is 11.7 Å². The fourth-order valence-corrected chi connectivity index (χ4v) is 10.7. The molecule has 340 valence electrons. The summed E-state index contributed by atoms with van der Waals surface area (Å²) < 4.78 is 5.18. The highest BCUT2D eigenvalue weighted by Crippen LogP contribution is 2.50. The Balaban J connectivity index is 0.000000220. The van der Waals surface area contributed by atoms with E-state index in [2.05, 4.69) is 17.6 Å². The van der Waals surface area contributed by atoms with Gasteiger partial charge in [-0.05, 0) is 70.4 Å². The summed E-state index contributed by atoms with van der Waals surface area (Å²) in [4.78, 5) is 52.4. The van der Waals surface area contributed by atoms with Crippen LogP contribution in [0.2, 0.25) is 0 Å². The summed E-state index contributed by atoms with van der Waals surface area (Å²) in [5.41, 5.74) is 6.90. The Hall–Kier alpha value is -2.97. The van der Waals surface area contributed by atoms with Crippen molar-refractivity contribution in [1.82, 2.24) is 20.4 Å². The smallest absolute Gasteiger partial charge is 0.327 e. The van der Waals surface area contributed by atoms with Gasteiger partial charge < -0.3 is 51.5 Å². The van der Waals surface area contributed by atoms with Crippen LogP contribution in [0.5, 0.6) is 0 Å². The standard InChI is InChI=1S/C18H33ClN2O5S.C16H19N3O4S.C9H12O/c1-5-6-10-7-11(21(3)8-10)17(25)20-12(9(2)19)16-14(23)13(22)15(24)18(26-16)27-4;1-16(2)11(15(22)23)19-13(21)10(14(19)24-16)18-12(20)9(17)8-6-4-3-5-7-8;1-2-9(10)8-6-4-3-5-7-8/h9-16,18,22-24H,5-8H2,1-4H3,(H,20,25);3-7,9-11,14H,17H2,1-2H3,(H,18,20)(H,22,23);3-7,9-10H,2H2,1H3/t9-,10+,11-,12+,13-,14+,15+,16+,18+;9-,10-,11+,14-;/m01./s1. The molecule has 1 unspecified atom stereocenters. The largest absolute Gasteiger partial charge is 0.480 e. The van der Waals surface area contributed by atoms with Gasteiger partial charge >= 0.3 is 5.97 Å². The molecule has 15 nitrogen and oxygen atoms in total. The van der Waals surface area contributed by atoms with Crippen LogP contribution in [0.15, 0.2) is 60.7 Å². The van der Waals surface area contributed by atoms with Crippen LogP contribution in [0.3, 0.4) is 0 Å². The molecule has 4 aliphatic rings. The highest BCUT2D eigenvalue weighted by atomic mass is 35.5. The van der Waals surface area contributed by atoms with Crippen LogP contribution in [0.25, 0.3) is 0 Å². The quantitative estimate of drug-likeness (QED) is 0.107. The number of aliphatic hydroxyl groups is 4. The van der Waals surface area contributed by atoms with Crippen molar-refractivity contribution in [1.29, 1.82) is 0 Å². The van der Waals surface area contributed by atoms with Crippen LogP contribution >= 0.6 is 35.1 Å². The molecule has 0 spiro atoms. The summed E-state index contributed by atoms with van der Waals surface area (Å²) in [6.45, 7) is 10.3. The molecule has 14 atom stereocenters. The minimum atomic E-state index is -1.36. The van der Waals surface area contributed by atoms with Crippen LogP contribution < -0.4 is 16.4 Å². The molecule has 4 saturated heterocycles. The molecule has 3 amide bonds. The van der Waals surface area contributed by atoms with Gasteiger partial charge in [0.25, 0.3) is 0 Å². The number of amides is 3. The first-order valence-corrected chi connectivity index (χ1v) is 23.3. The van der Waals surface area contributed by atoms with E-state index in [1.54, 1.807) is 51.3 Å². The summed E-state index contributed by atoms with van der Waals surface area (Å²) in [6, 6.07) is 15.1. The lowest BCUT2D eigenvalue weighted by molar-refractivity contribution is -0.205. The van der Waals surface area contributed by atoms with E-state index in [1.807, 2.05) is 55.3 Å². The van der Waals surface area contributed by atoms with E-state index in [0.29, 0.717) is 11.5 Å². The molecule has 2 aromatic carbocycles. The van der Waals surface area contributed by atoms with Gasteiger partial charge in [0.2, 0.25) is 17.7 Å². The first-order chi connectivity index (χ1) is 28.8. The molecule has 0 aliphatic carbocycles. The van der Waals surface area contributed by atoms with Gasteiger partial charge in [-0.3, -0.25) is 19.3 Å². The minimum absolute atomic E-state index is 0.147. The van der Waals surface area contributed by atoms with Crippen molar-refractivity contribution >= 4 is 58.8 Å². The van der Waals surface area contributed by atoms with E-state index >= 15 is 0 Å². The van der Waals surface area contributed by atoms with Gasteiger partial charge in [-0.1, -0.05) is 80.9 Å². The van der Waals surface area contributed by atoms with Gasteiger partial charge in [-0.25, -0.2) is 4.79 Å². The maximum atomic E-state index is 12.9. The molecule has 61 heavy (non-hydrogen) atoms. The average molecular weight is 911 g/mol. The van der Waals surface area contributed by atoms with Crippen LogP contribution in [0.1, 0.15) is 83.6 Å². The Labute approximate surface area is 372 Å². The maximum Gasteiger partial charge on any atom is 0.327 e. The molecule has 0 aromatic heterocycles. The number of carboxylic acid groups (broad SMARTS) is 1. The van der Waals surface area contributed by atoms with Crippen LogP contribution in [0.4, 0.5) is 0 Å². The van der Waals surface area contributed by atoms with Crippen molar-refractivity contribution in [3.05, 3.63) is 71.8 Å². The second-order valence-electron chi connectivity index (χ2n) is 16.5. The Morgan fingerprint density at radius 1 is 1.02 bits per heavy atom. The topological polar surface area (TPSA) is 235 Å². The second-order valence-corrected chi connectivity index (χ2v) is 19.9. The molecule has 4 heterocycles. The second kappa shape index (κ2) is 22.6. The number of carboxylic acids is 1. The molecular weight excluding hydrogens is 846 g/mol. The number of fused-ring (bicyclic) bond motifs is 1. The number of thioether (sulfide) groups is 2. The summed E-state index contributed by atoms with van der Waals surface area (Å²) in [5.74, 6) is -1.51. The molecule has 9 N–H and O–H groups in total. The predicted octanol–water partition coefficient (Wildman–Crippen LogP) is 2.84. The zero-order valence-electron chi connectivity index (χ0n) is 35.8. The van der Waals surface area contributed by atoms with E-state index < -0.39 is 76.0 Å². The van der Waals surface area contributed by atoms with Gasteiger partial charge in [0.15, 0.2) is 0 Å². The average Bonchev–Trinajstić information content (AvgIpc) is 3.74. The zero-order valence-corrected chi connectivity index (χ0v) is 38.2. The number of likely N-dealkylation sites (tertiary alicyclic amines) is 1. The number of ether oxygens (including phenoxy) is 1. The Kier molecular flexibility index (Phi) is 18.8. The number of nitrogens with zero attached hydrogens (tertiary/aromatic N) is 2. The lowest BCUT2D eigenvalue weighted by Crippen LogP contribution is -2.71. The number of hydrogen-bond donors (Lipinski definition) is 8. The van der Waals surface area contributed by atoms with Gasteiger partial charge in [0.05, 0.1) is 23.6 Å². The van der Waals surface area contributed by atoms with Crippen molar-refractivity contribution in [2.45, 2.75) is 142 Å². The predicted molar refractivity (Wildman–Crippen MR) is 238 cm³/mol. The first-order valence-electron chi connectivity index (χ1n) is 20.7. The molecule has 0 saturated carbocycles. The van der Waals surface area contributed by atoms with E-state index in [1.165, 1.54) is 28.4 Å². The van der Waals surface area contributed by atoms with Crippen molar-refractivity contribution in [3.8, 4) is 0 Å². The Bertz CT molecular complexity index is 1750. The first kappa shape index (κ1) is 50.7. The van der Waals surface area contributed by atoms with Gasteiger partial charge in [0, 0.05) is 11.3 Å². The summed E-state index contributed by atoms with van der Waals surface area (Å²) in [7, 11) is 1.94. The summed E-state index contributed by atoms with van der Waals surface area (Å²) >= 11 is 8.93. The molecular formula is C43H64ClN5O10S2. The minimum Gasteiger partial charge on any atom is -0.480 e. The van der Waals surface area contributed by atoms with Crippen LogP contribution in [0, 0.1) is 5.92 Å². The third-order valence-corrected chi connectivity index (χ3v) is 14.3. The zero-order chi connectivity index (χ0) is 45.3. The summed E-state index contributed by atoms with van der Waals surface area (Å²) in [5, 5.41) is 54.0. The number of carbonyl (C=O) groups is 4. The number of aliphatic hydroxyl groups excluding tert-OH is 4. The van der Waals surface area contributed by atoms with Crippen LogP contribution in [-0.2, 0) is 23.9 Å². The lowest BCUT2D eigenvalue weighted by atomic mass is 9.92. The normalized spacial score (nSPS) is 31.1. The third kappa shape index (κ3) is 12.2. The molecule has 18 heteroatoms. The molecule has 0 bridgehead atoms. The summed E-state index contributed by atoms with van der Waals surface area (Å²) in [6.07, 6.45) is 0.393. The Morgan fingerprint density at radius 2 is 1.61 bits per heavy atom. The lowest BCUT2D eigenvalue weighted by Gasteiger charge is -2.44. The number of nitrogens with one attached hydrogen (secondary N) is 2.